The van der Waals surface area contributed by atoms with E-state index in [1.165, 1.54) is 19.3 Å². The Morgan fingerprint density at radius 1 is 1.35 bits per heavy atom. The van der Waals surface area contributed by atoms with Crippen LogP contribution in [0.25, 0.3) is 0 Å². The molecular weight excluding hydrogens is 272 g/mol. The molecule has 0 bridgehead atoms. The lowest BCUT2D eigenvalue weighted by Gasteiger charge is -2.30. The molecule has 2 saturated heterocycles. The summed E-state index contributed by atoms with van der Waals surface area (Å²) in [7, 11) is 0. The minimum atomic E-state index is 0. The maximum absolute atomic E-state index is 12.5. The molecule has 4 heteroatoms. The number of carbonyl (C=O) groups is 1. The third kappa shape index (κ3) is 4.36. The first-order valence-corrected chi connectivity index (χ1v) is 8.12. The van der Waals surface area contributed by atoms with Crippen molar-refractivity contribution in [2.24, 2.45) is 17.8 Å². The van der Waals surface area contributed by atoms with Crippen LogP contribution in [-0.4, -0.2) is 36.5 Å². The summed E-state index contributed by atoms with van der Waals surface area (Å²) in [4.78, 5) is 14.7. The van der Waals surface area contributed by atoms with Crippen LogP contribution in [0.2, 0.25) is 0 Å². The van der Waals surface area contributed by atoms with Crippen LogP contribution < -0.4 is 5.32 Å². The fourth-order valence-corrected chi connectivity index (χ4v) is 3.82. The van der Waals surface area contributed by atoms with Gasteiger partial charge in [-0.3, -0.25) is 4.79 Å². The minimum absolute atomic E-state index is 0. The summed E-state index contributed by atoms with van der Waals surface area (Å²) in [6.45, 7) is 9.99. The van der Waals surface area contributed by atoms with Gasteiger partial charge in [0, 0.05) is 19.0 Å². The van der Waals surface area contributed by atoms with E-state index in [4.69, 9.17) is 0 Å². The average molecular weight is 303 g/mol. The zero-order valence-corrected chi connectivity index (χ0v) is 14.0. The Morgan fingerprint density at radius 3 is 2.60 bits per heavy atom. The van der Waals surface area contributed by atoms with E-state index in [9.17, 15) is 4.79 Å². The Bertz CT molecular complexity index is 305. The monoisotopic (exact) mass is 302 g/mol. The summed E-state index contributed by atoms with van der Waals surface area (Å²) in [5.74, 6) is 2.37. The largest absolute Gasteiger partial charge is 0.339 e. The lowest BCUT2D eigenvalue weighted by Crippen LogP contribution is -2.38. The highest BCUT2D eigenvalue weighted by Crippen LogP contribution is 2.29. The van der Waals surface area contributed by atoms with Crippen LogP contribution in [0, 0.1) is 17.8 Å². The molecule has 0 spiro atoms. The normalized spacial score (nSPS) is 29.1. The molecule has 0 aromatic rings. The highest BCUT2D eigenvalue weighted by Gasteiger charge is 2.33. The minimum Gasteiger partial charge on any atom is -0.339 e. The Morgan fingerprint density at radius 2 is 2.00 bits per heavy atom. The van der Waals surface area contributed by atoms with Crippen LogP contribution in [0.15, 0.2) is 0 Å². The van der Waals surface area contributed by atoms with Gasteiger partial charge >= 0.3 is 0 Å². The molecular formula is C16H31ClN2O. The fraction of sp³-hybridized carbons (Fsp3) is 0.938. The van der Waals surface area contributed by atoms with Crippen molar-refractivity contribution in [2.45, 2.75) is 58.9 Å². The van der Waals surface area contributed by atoms with E-state index in [1.54, 1.807) is 0 Å². The Hall–Kier alpha value is -0.280. The molecule has 3 nitrogen and oxygen atoms in total. The molecule has 3 unspecified atom stereocenters. The molecule has 2 aliphatic rings. The van der Waals surface area contributed by atoms with Gasteiger partial charge in [-0.05, 0) is 56.5 Å². The van der Waals surface area contributed by atoms with Gasteiger partial charge in [0.05, 0.1) is 0 Å². The molecule has 2 fully saturated rings. The Kier molecular flexibility index (Phi) is 7.32. The van der Waals surface area contributed by atoms with Gasteiger partial charge < -0.3 is 10.2 Å². The van der Waals surface area contributed by atoms with Gasteiger partial charge in [-0.25, -0.2) is 0 Å². The van der Waals surface area contributed by atoms with Crippen LogP contribution in [0.4, 0.5) is 0 Å². The third-order valence-corrected chi connectivity index (χ3v) is 5.10. The predicted molar refractivity (Wildman–Crippen MR) is 86.2 cm³/mol. The van der Waals surface area contributed by atoms with E-state index in [2.05, 4.69) is 31.0 Å². The number of halogens is 1. The van der Waals surface area contributed by atoms with Crippen LogP contribution in [0.3, 0.4) is 0 Å². The van der Waals surface area contributed by atoms with E-state index >= 15 is 0 Å². The van der Waals surface area contributed by atoms with Crippen molar-refractivity contribution in [3.05, 3.63) is 0 Å². The first-order valence-electron chi connectivity index (χ1n) is 8.12. The molecule has 2 heterocycles. The fourth-order valence-electron chi connectivity index (χ4n) is 3.82. The molecule has 0 aromatic heterocycles. The number of nitrogens with one attached hydrogen (secondary N) is 1. The van der Waals surface area contributed by atoms with Crippen molar-refractivity contribution >= 4 is 18.3 Å². The van der Waals surface area contributed by atoms with Gasteiger partial charge in [0.15, 0.2) is 0 Å². The second-order valence-corrected chi connectivity index (χ2v) is 6.72. The van der Waals surface area contributed by atoms with Crippen LogP contribution in [0.5, 0.6) is 0 Å². The van der Waals surface area contributed by atoms with Crippen LogP contribution in [-0.2, 0) is 4.79 Å². The number of rotatable bonds is 4. The molecule has 20 heavy (non-hydrogen) atoms. The highest BCUT2D eigenvalue weighted by molar-refractivity contribution is 5.85. The van der Waals surface area contributed by atoms with Crippen molar-refractivity contribution in [3.8, 4) is 0 Å². The molecule has 2 rings (SSSR count). The number of hydrogen-bond donors (Lipinski definition) is 1. The molecule has 3 atom stereocenters. The van der Waals surface area contributed by atoms with Gasteiger partial charge in [-0.2, -0.15) is 0 Å². The predicted octanol–water partition coefficient (Wildman–Crippen LogP) is 3.08. The SMILES string of the molecule is CCC1CC(C)CN1C(=O)CC(C)C1CCNCC1.Cl. The zero-order valence-electron chi connectivity index (χ0n) is 13.2. The summed E-state index contributed by atoms with van der Waals surface area (Å²) < 4.78 is 0. The van der Waals surface area contributed by atoms with Crippen molar-refractivity contribution in [1.82, 2.24) is 10.2 Å². The summed E-state index contributed by atoms with van der Waals surface area (Å²) in [5.41, 5.74) is 0. The number of piperidine rings is 1. The summed E-state index contributed by atoms with van der Waals surface area (Å²) in [6, 6.07) is 0.503. The first kappa shape index (κ1) is 17.8. The molecule has 1 N–H and O–H groups in total. The number of amides is 1. The first-order chi connectivity index (χ1) is 9.11. The number of nitrogens with zero attached hydrogens (tertiary/aromatic N) is 1. The lowest BCUT2D eigenvalue weighted by atomic mass is 9.84. The van der Waals surface area contributed by atoms with Crippen molar-refractivity contribution in [2.75, 3.05) is 19.6 Å². The van der Waals surface area contributed by atoms with E-state index in [0.29, 0.717) is 23.8 Å². The Labute approximate surface area is 130 Å². The summed E-state index contributed by atoms with van der Waals surface area (Å²) in [5, 5.41) is 3.40. The maximum atomic E-state index is 12.5. The topological polar surface area (TPSA) is 32.3 Å². The van der Waals surface area contributed by atoms with Crippen LogP contribution in [0.1, 0.15) is 52.9 Å². The van der Waals surface area contributed by atoms with Crippen molar-refractivity contribution in [1.29, 1.82) is 0 Å². The smallest absolute Gasteiger partial charge is 0.223 e. The molecule has 0 aromatic carbocycles. The van der Waals surface area contributed by atoms with Crippen molar-refractivity contribution in [3.63, 3.8) is 0 Å². The Balaban J connectivity index is 0.00000200. The van der Waals surface area contributed by atoms with E-state index in [1.807, 2.05) is 0 Å². The molecule has 0 saturated carbocycles. The highest BCUT2D eigenvalue weighted by atomic mass is 35.5. The summed E-state index contributed by atoms with van der Waals surface area (Å²) in [6.07, 6.45) is 5.54. The number of carbonyl (C=O) groups excluding carboxylic acids is 1. The maximum Gasteiger partial charge on any atom is 0.223 e. The van der Waals surface area contributed by atoms with Gasteiger partial charge in [-0.1, -0.05) is 20.8 Å². The lowest BCUT2D eigenvalue weighted by molar-refractivity contribution is -0.133. The number of hydrogen-bond acceptors (Lipinski definition) is 2. The quantitative estimate of drug-likeness (QED) is 0.865. The summed E-state index contributed by atoms with van der Waals surface area (Å²) >= 11 is 0. The molecule has 0 radical (unpaired) electrons. The second-order valence-electron chi connectivity index (χ2n) is 6.72. The van der Waals surface area contributed by atoms with Gasteiger partial charge in [-0.15, -0.1) is 12.4 Å². The van der Waals surface area contributed by atoms with Crippen LogP contribution >= 0.6 is 12.4 Å². The average Bonchev–Trinajstić information content (AvgIpc) is 2.81. The van der Waals surface area contributed by atoms with Gasteiger partial charge in [0.25, 0.3) is 0 Å². The molecule has 1 amide bonds. The molecule has 2 aliphatic heterocycles. The molecule has 118 valence electrons. The third-order valence-electron chi connectivity index (χ3n) is 5.10. The van der Waals surface area contributed by atoms with E-state index in [0.717, 1.165) is 38.4 Å². The van der Waals surface area contributed by atoms with E-state index in [-0.39, 0.29) is 12.4 Å². The number of likely N-dealkylation sites (tertiary alicyclic amines) is 1. The van der Waals surface area contributed by atoms with Crippen molar-refractivity contribution < 1.29 is 4.79 Å². The van der Waals surface area contributed by atoms with Gasteiger partial charge in [0.1, 0.15) is 0 Å². The molecule has 0 aliphatic carbocycles. The zero-order chi connectivity index (χ0) is 13.8. The second kappa shape index (κ2) is 8.23. The van der Waals surface area contributed by atoms with E-state index < -0.39 is 0 Å². The standard InChI is InChI=1S/C16H30N2O.ClH/c1-4-15-9-12(2)11-18(15)16(19)10-13(3)14-5-7-17-8-6-14;/h12-15,17H,4-11H2,1-3H3;1H. The van der Waals surface area contributed by atoms with Gasteiger partial charge in [0.2, 0.25) is 5.91 Å².